The lowest BCUT2D eigenvalue weighted by molar-refractivity contribution is 0.0118. The van der Waals surface area contributed by atoms with Crippen LogP contribution in [-0.4, -0.2) is 50.3 Å². The van der Waals surface area contributed by atoms with E-state index in [0.29, 0.717) is 31.9 Å². The Morgan fingerprint density at radius 3 is 2.67 bits per heavy atom. The highest BCUT2D eigenvalue weighted by Crippen LogP contribution is 2.22. The molecule has 1 fully saturated rings. The topological polar surface area (TPSA) is 63.9 Å². The van der Waals surface area contributed by atoms with Crippen molar-refractivity contribution >= 4 is 5.91 Å². The molecule has 1 aliphatic rings. The van der Waals surface area contributed by atoms with Crippen molar-refractivity contribution in [3.63, 3.8) is 0 Å². The maximum Gasteiger partial charge on any atom is 0.251 e. The van der Waals surface area contributed by atoms with Crippen LogP contribution in [0.4, 0.5) is 0 Å². The number of rotatable bonds is 9. The van der Waals surface area contributed by atoms with Crippen LogP contribution in [0.3, 0.4) is 0 Å². The molecule has 1 aromatic carbocycles. The minimum Gasteiger partial charge on any atom is -0.494 e. The Morgan fingerprint density at radius 1 is 1.22 bits per heavy atom. The molecule has 3 rings (SSSR count). The molecular weight excluding hydrogens is 344 g/mol. The van der Waals surface area contributed by atoms with E-state index in [1.54, 1.807) is 18.4 Å². The molecule has 0 bridgehead atoms. The highest BCUT2D eigenvalue weighted by molar-refractivity contribution is 5.94. The highest BCUT2D eigenvalue weighted by Gasteiger charge is 2.25. The lowest BCUT2D eigenvalue weighted by Gasteiger charge is -2.33. The van der Waals surface area contributed by atoms with Crippen molar-refractivity contribution in [3.8, 4) is 5.75 Å². The van der Waals surface area contributed by atoms with Gasteiger partial charge in [-0.25, -0.2) is 0 Å². The number of amides is 1. The first kappa shape index (κ1) is 19.5. The van der Waals surface area contributed by atoms with E-state index in [1.807, 2.05) is 24.3 Å². The SMILES string of the molecule is CCCCOc1ccc(C(=O)NC[C@@H](c2ccco2)N2CCOCC2)cc1. The van der Waals surface area contributed by atoms with E-state index in [9.17, 15) is 4.79 Å². The highest BCUT2D eigenvalue weighted by atomic mass is 16.5. The second-order valence-corrected chi connectivity index (χ2v) is 6.62. The number of carbonyl (C=O) groups is 1. The molecule has 1 amide bonds. The van der Waals surface area contributed by atoms with Gasteiger partial charge >= 0.3 is 0 Å². The van der Waals surface area contributed by atoms with Gasteiger partial charge in [-0.1, -0.05) is 13.3 Å². The molecule has 0 unspecified atom stereocenters. The van der Waals surface area contributed by atoms with E-state index in [-0.39, 0.29) is 11.9 Å². The van der Waals surface area contributed by atoms with Gasteiger partial charge in [-0.15, -0.1) is 0 Å². The van der Waals surface area contributed by atoms with E-state index in [2.05, 4.69) is 17.1 Å². The summed E-state index contributed by atoms with van der Waals surface area (Å²) >= 11 is 0. The Kier molecular flexibility index (Phi) is 7.30. The van der Waals surface area contributed by atoms with E-state index in [4.69, 9.17) is 13.9 Å². The summed E-state index contributed by atoms with van der Waals surface area (Å²) in [4.78, 5) is 14.8. The second-order valence-electron chi connectivity index (χ2n) is 6.62. The van der Waals surface area contributed by atoms with E-state index in [0.717, 1.165) is 37.4 Å². The van der Waals surface area contributed by atoms with E-state index < -0.39 is 0 Å². The van der Waals surface area contributed by atoms with Crippen molar-refractivity contribution in [2.24, 2.45) is 0 Å². The fourth-order valence-electron chi connectivity index (χ4n) is 3.11. The molecule has 6 heteroatoms. The molecule has 1 saturated heterocycles. The molecule has 6 nitrogen and oxygen atoms in total. The minimum atomic E-state index is -0.0973. The summed E-state index contributed by atoms with van der Waals surface area (Å²) in [5, 5.41) is 3.03. The number of hydrogen-bond donors (Lipinski definition) is 1. The summed E-state index contributed by atoms with van der Waals surface area (Å²) in [7, 11) is 0. The van der Waals surface area contributed by atoms with Gasteiger partial charge in [-0.2, -0.15) is 0 Å². The van der Waals surface area contributed by atoms with Gasteiger partial charge in [0.1, 0.15) is 11.5 Å². The van der Waals surface area contributed by atoms with Crippen LogP contribution < -0.4 is 10.1 Å². The number of furan rings is 1. The lowest BCUT2D eigenvalue weighted by Crippen LogP contribution is -2.43. The number of ether oxygens (including phenoxy) is 2. The van der Waals surface area contributed by atoms with Gasteiger partial charge in [0.15, 0.2) is 0 Å². The van der Waals surface area contributed by atoms with E-state index >= 15 is 0 Å². The summed E-state index contributed by atoms with van der Waals surface area (Å²) in [5.41, 5.74) is 0.623. The molecule has 1 atom stereocenters. The second kappa shape index (κ2) is 10.1. The Hall–Kier alpha value is -2.31. The predicted octanol–water partition coefficient (Wildman–Crippen LogP) is 3.26. The van der Waals surface area contributed by atoms with Gasteiger partial charge in [-0.3, -0.25) is 9.69 Å². The zero-order valence-corrected chi connectivity index (χ0v) is 15.9. The summed E-state index contributed by atoms with van der Waals surface area (Å²) in [6, 6.07) is 11.1. The molecule has 27 heavy (non-hydrogen) atoms. The summed E-state index contributed by atoms with van der Waals surface area (Å²) < 4.78 is 16.7. The van der Waals surface area contributed by atoms with Crippen LogP contribution in [0.2, 0.25) is 0 Å². The maximum absolute atomic E-state index is 12.5. The van der Waals surface area contributed by atoms with Crippen LogP contribution in [0.5, 0.6) is 5.75 Å². The van der Waals surface area contributed by atoms with E-state index in [1.165, 1.54) is 0 Å². The third-order valence-corrected chi connectivity index (χ3v) is 4.70. The smallest absolute Gasteiger partial charge is 0.251 e. The monoisotopic (exact) mass is 372 g/mol. The Morgan fingerprint density at radius 2 is 2.00 bits per heavy atom. The van der Waals surface area contributed by atoms with Gasteiger partial charge in [0.25, 0.3) is 5.91 Å². The van der Waals surface area contributed by atoms with Crippen molar-refractivity contribution in [3.05, 3.63) is 54.0 Å². The van der Waals surface area contributed by atoms with Gasteiger partial charge in [0.05, 0.1) is 32.1 Å². The van der Waals surface area contributed by atoms with Crippen molar-refractivity contribution in [1.29, 1.82) is 0 Å². The normalized spacial score (nSPS) is 16.0. The number of hydrogen-bond acceptors (Lipinski definition) is 5. The third kappa shape index (κ3) is 5.58. The maximum atomic E-state index is 12.5. The Balaban J connectivity index is 1.57. The van der Waals surface area contributed by atoms with Gasteiger partial charge in [0, 0.05) is 25.2 Å². The third-order valence-electron chi connectivity index (χ3n) is 4.70. The molecule has 0 aliphatic carbocycles. The van der Waals surface area contributed by atoms with Crippen molar-refractivity contribution < 1.29 is 18.7 Å². The number of nitrogens with zero attached hydrogens (tertiary/aromatic N) is 1. The van der Waals surface area contributed by atoms with Crippen LogP contribution in [0.25, 0.3) is 0 Å². The van der Waals surface area contributed by atoms with Gasteiger partial charge in [-0.05, 0) is 42.8 Å². The summed E-state index contributed by atoms with van der Waals surface area (Å²) in [5.74, 6) is 1.55. The summed E-state index contributed by atoms with van der Waals surface area (Å²) in [6.07, 6.45) is 3.79. The number of unbranched alkanes of at least 4 members (excludes halogenated alkanes) is 1. The van der Waals surface area contributed by atoms with Crippen molar-refractivity contribution in [1.82, 2.24) is 10.2 Å². The summed E-state index contributed by atoms with van der Waals surface area (Å²) in [6.45, 7) is 6.36. The van der Waals surface area contributed by atoms with Gasteiger partial charge < -0.3 is 19.2 Å². The molecule has 2 heterocycles. The zero-order valence-electron chi connectivity index (χ0n) is 15.9. The van der Waals surface area contributed by atoms with Crippen LogP contribution in [0.1, 0.15) is 41.9 Å². The zero-order chi connectivity index (χ0) is 18.9. The van der Waals surface area contributed by atoms with Crippen molar-refractivity contribution in [2.75, 3.05) is 39.5 Å². The van der Waals surface area contributed by atoms with Gasteiger partial charge in [0.2, 0.25) is 0 Å². The molecule has 1 N–H and O–H groups in total. The number of benzene rings is 1. The minimum absolute atomic E-state index is 0.00417. The Bertz CT molecular complexity index is 679. The molecule has 1 aliphatic heterocycles. The largest absolute Gasteiger partial charge is 0.494 e. The standard InChI is InChI=1S/C21H28N2O4/c1-2-3-12-26-18-8-6-17(7-9-18)21(24)22-16-19(20-5-4-13-27-20)23-10-14-25-15-11-23/h4-9,13,19H,2-3,10-12,14-16H2,1H3,(H,22,24)/t19-/m0/s1. The average molecular weight is 372 g/mol. The fourth-order valence-corrected chi connectivity index (χ4v) is 3.11. The molecule has 0 saturated carbocycles. The molecule has 146 valence electrons. The molecule has 1 aromatic heterocycles. The predicted molar refractivity (Wildman–Crippen MR) is 103 cm³/mol. The molecular formula is C21H28N2O4. The lowest BCUT2D eigenvalue weighted by atomic mass is 10.1. The average Bonchev–Trinajstić information content (AvgIpc) is 3.24. The first-order chi connectivity index (χ1) is 13.3. The molecule has 0 spiro atoms. The quantitative estimate of drug-likeness (QED) is 0.685. The number of carbonyl (C=O) groups excluding carboxylic acids is 1. The van der Waals surface area contributed by atoms with Crippen LogP contribution >= 0.6 is 0 Å². The van der Waals surface area contributed by atoms with Crippen molar-refractivity contribution in [2.45, 2.75) is 25.8 Å². The Labute approximate surface area is 160 Å². The van der Waals surface area contributed by atoms with Crippen LogP contribution in [0.15, 0.2) is 47.1 Å². The number of nitrogens with one attached hydrogen (secondary N) is 1. The van der Waals surface area contributed by atoms with Crippen LogP contribution in [0, 0.1) is 0 Å². The number of morpholine rings is 1. The molecule has 2 aromatic rings. The first-order valence-electron chi connectivity index (χ1n) is 9.64. The first-order valence-corrected chi connectivity index (χ1v) is 9.64. The fraction of sp³-hybridized carbons (Fsp3) is 0.476. The molecule has 0 radical (unpaired) electrons. The van der Waals surface area contributed by atoms with Crippen LogP contribution in [-0.2, 0) is 4.74 Å².